The molecule has 5 heterocycles. The van der Waals surface area contributed by atoms with Gasteiger partial charge in [0.1, 0.15) is 11.6 Å². The number of benzene rings is 3. The molecule has 16 heteroatoms. The minimum absolute atomic E-state index is 0.0693. The average molecular weight is 922 g/mol. The third-order valence-corrected chi connectivity index (χ3v) is 17.4. The van der Waals surface area contributed by atoms with Gasteiger partial charge >= 0.3 is 197 Å². The van der Waals surface area contributed by atoms with E-state index in [4.69, 9.17) is 9.72 Å². The van der Waals surface area contributed by atoms with Crippen LogP contribution in [0.5, 0.6) is 5.75 Å². The maximum atomic E-state index is 15.1. The summed E-state index contributed by atoms with van der Waals surface area (Å²) in [5.41, 5.74) is 4.37. The van der Waals surface area contributed by atoms with Crippen molar-refractivity contribution in [2.45, 2.75) is 70.3 Å². The molecule has 4 aliphatic heterocycles. The summed E-state index contributed by atoms with van der Waals surface area (Å²) in [7, 11) is -0.844. The topological polar surface area (TPSA) is 135 Å². The molecular weight excluding hydrogens is 865 g/mol. The number of aryl methyl sites for hydroxylation is 1. The van der Waals surface area contributed by atoms with Crippen LogP contribution in [-0.4, -0.2) is 108 Å². The number of piperazine rings is 1. The number of nitrogens with one attached hydrogen (secondary N) is 3. The molecule has 4 saturated heterocycles. The van der Waals surface area contributed by atoms with E-state index in [1.807, 2.05) is 24.3 Å². The number of para-hydroxylation sites is 1. The Bertz CT molecular complexity index is 2230. The van der Waals surface area contributed by atoms with Crippen LogP contribution in [0.1, 0.15) is 68.1 Å². The number of nitrogens with zero attached hydrogens (tertiary/aromatic N) is 5. The van der Waals surface area contributed by atoms with Crippen LogP contribution in [0.3, 0.4) is 0 Å². The number of carbonyl (C=O) groups excluding carboxylic acids is 2. The number of methoxy groups -OCH3 is 1. The summed E-state index contributed by atoms with van der Waals surface area (Å²) in [6, 6.07) is 15.5. The minimum Gasteiger partial charge on any atom is -0.300 e. The molecule has 1 atom stereocenters. The van der Waals surface area contributed by atoms with Crippen LogP contribution in [0.2, 0.25) is 0 Å². The number of halogens is 3. The number of rotatable bonds is 13. The van der Waals surface area contributed by atoms with Crippen molar-refractivity contribution in [2.24, 2.45) is 0 Å². The van der Waals surface area contributed by atoms with Crippen molar-refractivity contribution >= 4 is 69.4 Å². The number of imide groups is 1. The van der Waals surface area contributed by atoms with E-state index in [-0.39, 0.29) is 18.4 Å². The second-order valence-corrected chi connectivity index (χ2v) is 21.2. The molecule has 0 radical (unpaired) electrons. The molecule has 12 nitrogen and oxygen atoms in total. The van der Waals surface area contributed by atoms with Gasteiger partial charge in [-0.15, -0.1) is 0 Å². The van der Waals surface area contributed by atoms with E-state index in [1.165, 1.54) is 23.4 Å². The van der Waals surface area contributed by atoms with Crippen molar-refractivity contribution in [3.05, 3.63) is 87.5 Å². The molecule has 61 heavy (non-hydrogen) atoms. The van der Waals surface area contributed by atoms with E-state index in [0.29, 0.717) is 42.1 Å². The Balaban J connectivity index is 0.851. The van der Waals surface area contributed by atoms with Crippen molar-refractivity contribution in [2.75, 3.05) is 80.8 Å². The Morgan fingerprint density at radius 3 is 2.36 bits per heavy atom. The van der Waals surface area contributed by atoms with Crippen molar-refractivity contribution in [3.8, 4) is 5.75 Å². The number of ether oxygens (including phenoxy) is 1. The molecule has 0 bridgehead atoms. The zero-order valence-corrected chi connectivity index (χ0v) is 37.5. The van der Waals surface area contributed by atoms with Crippen LogP contribution in [0, 0.1) is 11.6 Å². The summed E-state index contributed by atoms with van der Waals surface area (Å²) in [5.74, 6) is -1.75. The summed E-state index contributed by atoms with van der Waals surface area (Å²) in [6.45, 7) is 8.41. The predicted octanol–water partition coefficient (Wildman–Crippen LogP) is 7.00. The van der Waals surface area contributed by atoms with E-state index in [2.05, 4.69) is 70.6 Å². The number of anilines is 5. The second kappa shape index (κ2) is 19.0. The van der Waals surface area contributed by atoms with Gasteiger partial charge in [-0.25, -0.2) is 8.78 Å². The summed E-state index contributed by atoms with van der Waals surface area (Å²) in [4.78, 5) is 52.1. The van der Waals surface area contributed by atoms with Crippen molar-refractivity contribution in [1.29, 1.82) is 0 Å². The molecule has 0 aliphatic carbocycles. The van der Waals surface area contributed by atoms with E-state index < -0.39 is 36.9 Å². The van der Waals surface area contributed by atoms with Gasteiger partial charge in [-0.05, 0) is 43.4 Å². The second-order valence-electron chi connectivity index (χ2n) is 16.8. The predicted molar refractivity (Wildman–Crippen MR) is 243 cm³/mol. The van der Waals surface area contributed by atoms with Crippen LogP contribution in [0.4, 0.5) is 37.6 Å². The number of hydrogen-bond donors (Lipinski definition) is 4. The molecule has 8 rings (SSSR count). The summed E-state index contributed by atoms with van der Waals surface area (Å²) < 4.78 is 36.8. The van der Waals surface area contributed by atoms with Gasteiger partial charge in [-0.3, -0.25) is 19.8 Å². The Hall–Kier alpha value is -4.27. The Morgan fingerprint density at radius 1 is 0.951 bits per heavy atom. The molecule has 1 unspecified atom stereocenters. The van der Waals surface area contributed by atoms with Gasteiger partial charge in [0.15, 0.2) is 0 Å². The van der Waals surface area contributed by atoms with Gasteiger partial charge < -0.3 is 4.90 Å². The van der Waals surface area contributed by atoms with Crippen LogP contribution in [0.15, 0.2) is 59.2 Å². The van der Waals surface area contributed by atoms with E-state index in [9.17, 15) is 14.5 Å². The summed E-state index contributed by atoms with van der Waals surface area (Å²) in [6.07, 6.45) is 9.24. The number of carbonyl (C=O) groups is 2. The molecule has 4 aliphatic rings. The zero-order chi connectivity index (χ0) is 42.7. The number of amides is 2. The monoisotopic (exact) mass is 920 g/mol. The quantitative estimate of drug-likeness (QED) is 0.0816. The van der Waals surface area contributed by atoms with Crippen molar-refractivity contribution in [1.82, 2.24) is 25.1 Å². The molecule has 0 spiro atoms. The Labute approximate surface area is 365 Å². The normalized spacial score (nSPS) is 20.7. The first-order valence-electron chi connectivity index (χ1n) is 21.6. The van der Waals surface area contributed by atoms with Gasteiger partial charge in [0.05, 0.1) is 5.92 Å². The third kappa shape index (κ3) is 9.71. The SMILES string of the molecule is CCc1cc(Nc2ncc(Br)c(Nc3ccccc3[PH]3(O)CCCC3)n2)c(OC)cc1N1CCC(N2CCN(CCc3cc(F)c(C4CCC(=O)NC4=O)c(F)c3)CC2)CC1. The van der Waals surface area contributed by atoms with Gasteiger partial charge in [0.25, 0.3) is 0 Å². The molecule has 0 saturated carbocycles. The summed E-state index contributed by atoms with van der Waals surface area (Å²) >= 11 is 3.63. The van der Waals surface area contributed by atoms with Gasteiger partial charge in [-0.1, -0.05) is 0 Å². The minimum atomic E-state index is -2.53. The smallest absolute Gasteiger partial charge is 0.300 e. The molecule has 326 valence electrons. The fraction of sp³-hybridized carbons (Fsp3) is 0.467. The van der Waals surface area contributed by atoms with Crippen LogP contribution in [-0.2, 0) is 22.4 Å². The fourth-order valence-corrected chi connectivity index (χ4v) is 13.4. The molecule has 4 fully saturated rings. The van der Waals surface area contributed by atoms with Crippen LogP contribution < -0.4 is 30.9 Å². The van der Waals surface area contributed by atoms with Crippen LogP contribution >= 0.6 is 23.4 Å². The van der Waals surface area contributed by atoms with Crippen LogP contribution in [0.25, 0.3) is 0 Å². The Morgan fingerprint density at radius 2 is 1.67 bits per heavy atom. The molecule has 2 amide bonds. The van der Waals surface area contributed by atoms with Gasteiger partial charge in [0, 0.05) is 63.8 Å². The summed E-state index contributed by atoms with van der Waals surface area (Å²) in [5, 5.41) is 10.1. The van der Waals surface area contributed by atoms with Gasteiger partial charge in [-0.2, -0.15) is 0 Å². The Kier molecular flexibility index (Phi) is 13.5. The molecule has 1 aromatic heterocycles. The van der Waals surface area contributed by atoms with E-state index >= 15 is 8.78 Å². The van der Waals surface area contributed by atoms with Gasteiger partial charge in [0.2, 0.25) is 11.8 Å². The van der Waals surface area contributed by atoms with E-state index in [1.54, 1.807) is 13.3 Å². The molecule has 4 N–H and O–H groups in total. The van der Waals surface area contributed by atoms with Crippen molar-refractivity contribution in [3.63, 3.8) is 0 Å². The third-order valence-electron chi connectivity index (χ3n) is 13.1. The number of hydrogen-bond acceptors (Lipinski definition) is 11. The standard InChI is InChI=1S/C45H56BrF2N8O4P/c1-3-30-26-37(51-45-49-28-33(46)43(53-45)50-36-8-4-5-9-40(36)61(59)22-6-7-23-61)39(60-2)27-38(30)56-16-13-31(14-17-56)55-20-18-54(19-21-55)15-12-29-24-34(47)42(35(48)25-29)32-10-11-41(57)52-44(32)58/h4-5,8-9,24-28,31-32,59,61H,3,6-7,10-23H2,1-2H3,(H,52,57,58)(H2,49,50,51,53). The first-order chi connectivity index (χ1) is 29.5. The first kappa shape index (κ1) is 43.4. The molecular formula is C45H56BrF2N8O4P. The first-order valence-corrected chi connectivity index (χ1v) is 24.8. The number of piperidine rings is 2. The molecule has 3 aromatic carbocycles. The zero-order valence-electron chi connectivity index (χ0n) is 34.9. The number of aromatic nitrogens is 2. The van der Waals surface area contributed by atoms with Crippen molar-refractivity contribution < 1.29 is 28.0 Å². The maximum absolute atomic E-state index is 15.1. The average Bonchev–Trinajstić information content (AvgIpc) is 3.72. The fourth-order valence-electron chi connectivity index (χ4n) is 9.64. The van der Waals surface area contributed by atoms with E-state index in [0.717, 1.165) is 105 Å². The molecule has 4 aromatic rings.